The molecule has 0 bridgehead atoms. The molecule has 1 rings (SSSR count). The summed E-state index contributed by atoms with van der Waals surface area (Å²) in [5.41, 5.74) is 0.796. The number of nitrogens with one attached hydrogen (secondary N) is 1. The fraction of sp³-hybridized carbons (Fsp3) is 0.300. The first-order valence-electron chi connectivity index (χ1n) is 4.62. The van der Waals surface area contributed by atoms with Crippen molar-refractivity contribution in [2.75, 3.05) is 5.32 Å². The predicted molar refractivity (Wildman–Crippen MR) is 61.8 cm³/mol. The van der Waals surface area contributed by atoms with E-state index in [1.807, 2.05) is 0 Å². The number of halogens is 1. The van der Waals surface area contributed by atoms with Crippen molar-refractivity contribution >= 4 is 28.9 Å². The lowest BCUT2D eigenvalue weighted by molar-refractivity contribution is -0.385. The maximum absolute atomic E-state index is 11.3. The van der Waals surface area contributed by atoms with Crippen LogP contribution in [0.3, 0.4) is 0 Å². The molecule has 1 aromatic rings. The molecule has 16 heavy (non-hydrogen) atoms. The second kappa shape index (κ2) is 4.94. The fourth-order valence-electron chi connectivity index (χ4n) is 1.19. The second-order valence-electron chi connectivity index (χ2n) is 3.31. The Morgan fingerprint density at radius 1 is 1.56 bits per heavy atom. The van der Waals surface area contributed by atoms with Crippen LogP contribution in [0.2, 0.25) is 0 Å². The fourth-order valence-corrected chi connectivity index (χ4v) is 1.24. The number of carbonyl (C=O) groups excluding carboxylic acids is 1. The zero-order valence-corrected chi connectivity index (χ0v) is 9.62. The SMILES string of the molecule is Cc1c(NC(=O)[C@H](C)Cl)cccc1[N+](=O)[O-]. The molecule has 0 aliphatic heterocycles. The highest BCUT2D eigenvalue weighted by molar-refractivity contribution is 6.32. The summed E-state index contributed by atoms with van der Waals surface area (Å²) in [4.78, 5) is 21.5. The molecule has 0 aromatic heterocycles. The van der Waals surface area contributed by atoms with Crippen molar-refractivity contribution in [3.05, 3.63) is 33.9 Å². The first kappa shape index (κ1) is 12.4. The zero-order valence-electron chi connectivity index (χ0n) is 8.86. The Kier molecular flexibility index (Phi) is 3.84. The summed E-state index contributed by atoms with van der Waals surface area (Å²) in [5.74, 6) is -0.384. The number of hydrogen-bond acceptors (Lipinski definition) is 3. The van der Waals surface area contributed by atoms with E-state index < -0.39 is 10.3 Å². The van der Waals surface area contributed by atoms with Gasteiger partial charge in [-0.25, -0.2) is 0 Å². The Labute approximate surface area is 97.6 Å². The molecule has 1 N–H and O–H groups in total. The molecule has 1 aromatic carbocycles. The van der Waals surface area contributed by atoms with Crippen LogP contribution in [-0.4, -0.2) is 16.2 Å². The van der Waals surface area contributed by atoms with Crippen molar-refractivity contribution in [2.45, 2.75) is 19.2 Å². The molecule has 0 aliphatic rings. The van der Waals surface area contributed by atoms with Crippen molar-refractivity contribution in [3.8, 4) is 0 Å². The first-order chi connectivity index (χ1) is 7.43. The van der Waals surface area contributed by atoms with Gasteiger partial charge in [0.15, 0.2) is 0 Å². The van der Waals surface area contributed by atoms with Crippen molar-refractivity contribution in [3.63, 3.8) is 0 Å². The number of rotatable bonds is 3. The molecular formula is C10H11ClN2O3. The van der Waals surface area contributed by atoms with Gasteiger partial charge in [-0.05, 0) is 19.9 Å². The van der Waals surface area contributed by atoms with Gasteiger partial charge in [-0.1, -0.05) is 6.07 Å². The van der Waals surface area contributed by atoms with Crippen LogP contribution in [0.25, 0.3) is 0 Å². The van der Waals surface area contributed by atoms with E-state index in [0.717, 1.165) is 0 Å². The van der Waals surface area contributed by atoms with Crippen LogP contribution in [0.4, 0.5) is 11.4 Å². The molecule has 1 atom stereocenters. The largest absolute Gasteiger partial charge is 0.324 e. The minimum Gasteiger partial charge on any atom is -0.324 e. The maximum atomic E-state index is 11.3. The normalized spacial score (nSPS) is 11.9. The molecule has 0 unspecified atom stereocenters. The minimum absolute atomic E-state index is 0.0278. The van der Waals surface area contributed by atoms with E-state index in [1.54, 1.807) is 13.0 Å². The topological polar surface area (TPSA) is 72.2 Å². The van der Waals surface area contributed by atoms with Gasteiger partial charge in [0.05, 0.1) is 16.2 Å². The zero-order chi connectivity index (χ0) is 12.3. The van der Waals surface area contributed by atoms with Gasteiger partial charge in [0, 0.05) is 6.07 Å². The number of hydrogen-bond donors (Lipinski definition) is 1. The van der Waals surface area contributed by atoms with Crippen molar-refractivity contribution in [2.24, 2.45) is 0 Å². The number of anilines is 1. The summed E-state index contributed by atoms with van der Waals surface area (Å²) in [6.07, 6.45) is 0. The summed E-state index contributed by atoms with van der Waals surface area (Å²) in [6, 6.07) is 4.49. The maximum Gasteiger partial charge on any atom is 0.274 e. The first-order valence-corrected chi connectivity index (χ1v) is 5.06. The standard InChI is InChI=1S/C10H11ClN2O3/c1-6-8(12-10(14)7(2)11)4-3-5-9(6)13(15)16/h3-5,7H,1-2H3,(H,12,14)/t7-/m0/s1. The van der Waals surface area contributed by atoms with Crippen LogP contribution < -0.4 is 5.32 Å². The average Bonchev–Trinajstić information content (AvgIpc) is 2.20. The molecule has 0 saturated carbocycles. The molecular weight excluding hydrogens is 232 g/mol. The van der Waals surface area contributed by atoms with E-state index >= 15 is 0 Å². The van der Waals surface area contributed by atoms with Crippen molar-refractivity contribution in [1.29, 1.82) is 0 Å². The van der Waals surface area contributed by atoms with Gasteiger partial charge >= 0.3 is 0 Å². The number of nitro groups is 1. The monoisotopic (exact) mass is 242 g/mol. The third kappa shape index (κ3) is 2.70. The molecule has 6 heteroatoms. The van der Waals surface area contributed by atoms with Gasteiger partial charge < -0.3 is 5.32 Å². The Balaban J connectivity index is 3.02. The molecule has 0 saturated heterocycles. The van der Waals surface area contributed by atoms with Crippen molar-refractivity contribution in [1.82, 2.24) is 0 Å². The molecule has 0 spiro atoms. The summed E-state index contributed by atoms with van der Waals surface area (Å²) < 4.78 is 0. The number of amides is 1. The lowest BCUT2D eigenvalue weighted by Gasteiger charge is -2.09. The van der Waals surface area contributed by atoms with E-state index in [4.69, 9.17) is 11.6 Å². The Morgan fingerprint density at radius 2 is 2.19 bits per heavy atom. The van der Waals surface area contributed by atoms with Crippen molar-refractivity contribution < 1.29 is 9.72 Å². The number of alkyl halides is 1. The van der Waals surface area contributed by atoms with Gasteiger partial charge in [0.1, 0.15) is 5.38 Å². The number of carbonyl (C=O) groups is 1. The molecule has 0 fully saturated rings. The quantitative estimate of drug-likeness (QED) is 0.503. The van der Waals surface area contributed by atoms with E-state index in [-0.39, 0.29) is 11.6 Å². The Morgan fingerprint density at radius 3 is 2.69 bits per heavy atom. The summed E-state index contributed by atoms with van der Waals surface area (Å²) >= 11 is 5.59. The lowest BCUT2D eigenvalue weighted by Crippen LogP contribution is -2.20. The lowest BCUT2D eigenvalue weighted by atomic mass is 10.1. The number of benzene rings is 1. The van der Waals surface area contributed by atoms with Gasteiger partial charge in [-0.2, -0.15) is 0 Å². The van der Waals surface area contributed by atoms with E-state index in [2.05, 4.69) is 5.32 Å². The smallest absolute Gasteiger partial charge is 0.274 e. The van der Waals surface area contributed by atoms with E-state index in [9.17, 15) is 14.9 Å². The Hall–Kier alpha value is -1.62. The third-order valence-corrected chi connectivity index (χ3v) is 2.32. The van der Waals surface area contributed by atoms with Crippen LogP contribution in [0, 0.1) is 17.0 Å². The van der Waals surface area contributed by atoms with E-state index in [1.165, 1.54) is 19.1 Å². The van der Waals surface area contributed by atoms with E-state index in [0.29, 0.717) is 11.3 Å². The minimum atomic E-state index is -0.682. The molecule has 0 radical (unpaired) electrons. The van der Waals surface area contributed by atoms with Crippen LogP contribution in [0.15, 0.2) is 18.2 Å². The molecule has 0 aliphatic carbocycles. The summed E-state index contributed by atoms with van der Waals surface area (Å²) in [7, 11) is 0. The average molecular weight is 243 g/mol. The van der Waals surface area contributed by atoms with Gasteiger partial charge in [-0.15, -0.1) is 11.6 Å². The predicted octanol–water partition coefficient (Wildman–Crippen LogP) is 2.47. The van der Waals surface area contributed by atoms with Crippen LogP contribution >= 0.6 is 11.6 Å². The summed E-state index contributed by atoms with van der Waals surface area (Å²) in [5, 5.41) is 12.5. The molecule has 5 nitrogen and oxygen atoms in total. The second-order valence-corrected chi connectivity index (χ2v) is 3.97. The molecule has 86 valence electrons. The summed E-state index contributed by atoms with van der Waals surface area (Å²) in [6.45, 7) is 3.11. The highest BCUT2D eigenvalue weighted by Crippen LogP contribution is 2.25. The van der Waals surface area contributed by atoms with Crippen LogP contribution in [0.1, 0.15) is 12.5 Å². The molecule has 0 heterocycles. The van der Waals surface area contributed by atoms with Gasteiger partial charge in [-0.3, -0.25) is 14.9 Å². The Bertz CT molecular complexity index is 432. The van der Waals surface area contributed by atoms with Crippen LogP contribution in [0.5, 0.6) is 0 Å². The number of nitro benzene ring substituents is 1. The molecule has 1 amide bonds. The third-order valence-electron chi connectivity index (χ3n) is 2.12. The van der Waals surface area contributed by atoms with Gasteiger partial charge in [0.2, 0.25) is 5.91 Å². The van der Waals surface area contributed by atoms with Gasteiger partial charge in [0.25, 0.3) is 5.69 Å². The highest BCUT2D eigenvalue weighted by atomic mass is 35.5. The highest BCUT2D eigenvalue weighted by Gasteiger charge is 2.16. The number of nitrogens with zero attached hydrogens (tertiary/aromatic N) is 1. The van der Waals surface area contributed by atoms with Crippen LogP contribution in [-0.2, 0) is 4.79 Å².